The minimum absolute atomic E-state index is 0.0640. The summed E-state index contributed by atoms with van der Waals surface area (Å²) in [5, 5.41) is 0.754. The number of carbonyl (C=O) groups excluding carboxylic acids is 3. The van der Waals surface area contributed by atoms with Crippen LogP contribution in [0.5, 0.6) is 0 Å². The van der Waals surface area contributed by atoms with Gasteiger partial charge in [-0.3, -0.25) is 9.59 Å². The maximum absolute atomic E-state index is 13.0. The summed E-state index contributed by atoms with van der Waals surface area (Å²) in [6.45, 7) is 7.62. The van der Waals surface area contributed by atoms with Crippen LogP contribution in [0.3, 0.4) is 0 Å². The third-order valence-electron chi connectivity index (χ3n) is 5.32. The smallest absolute Gasteiger partial charge is 0.338 e. The maximum atomic E-state index is 13.0. The van der Waals surface area contributed by atoms with Crippen LogP contribution in [0.1, 0.15) is 52.0 Å². The van der Waals surface area contributed by atoms with Gasteiger partial charge in [-0.05, 0) is 68.3 Å². The Bertz CT molecular complexity index is 1210. The molecule has 1 aromatic heterocycles. The standard InChI is InChI=1S/C26H26N2O5/c1-26(2,3)33-25(31)18-6-4-17(5-7-18)21-15-20(16-29)27-23-9-8-19(14-22(21)23)24(30)28-10-12-32-13-11-28/h4-9,14-16H,10-13H2,1-3H3. The number of rotatable bonds is 4. The molecule has 0 unspecified atom stereocenters. The van der Waals surface area contributed by atoms with Crippen molar-refractivity contribution >= 4 is 29.1 Å². The molecule has 0 N–H and O–H groups in total. The normalized spacial score (nSPS) is 14.2. The first kappa shape index (κ1) is 22.6. The van der Waals surface area contributed by atoms with E-state index < -0.39 is 11.6 Å². The number of ether oxygens (including phenoxy) is 2. The van der Waals surface area contributed by atoms with Gasteiger partial charge < -0.3 is 14.4 Å². The predicted molar refractivity (Wildman–Crippen MR) is 124 cm³/mol. The molecular formula is C26H26N2O5. The number of morpholine rings is 1. The van der Waals surface area contributed by atoms with Crippen LogP contribution in [0.25, 0.3) is 22.0 Å². The summed E-state index contributed by atoms with van der Waals surface area (Å²) < 4.78 is 10.8. The molecule has 4 rings (SSSR count). The molecule has 0 bridgehead atoms. The van der Waals surface area contributed by atoms with Crippen molar-refractivity contribution in [3.8, 4) is 11.1 Å². The molecular weight excluding hydrogens is 420 g/mol. The van der Waals surface area contributed by atoms with Crippen molar-refractivity contribution in [1.82, 2.24) is 9.88 Å². The van der Waals surface area contributed by atoms with Gasteiger partial charge in [-0.2, -0.15) is 0 Å². The highest BCUT2D eigenvalue weighted by Crippen LogP contribution is 2.30. The Morgan fingerprint density at radius 1 is 1.00 bits per heavy atom. The fourth-order valence-corrected chi connectivity index (χ4v) is 3.75. The molecule has 1 aliphatic heterocycles. The lowest BCUT2D eigenvalue weighted by molar-refractivity contribution is 0.00693. The zero-order valence-electron chi connectivity index (χ0n) is 19.0. The number of aldehydes is 1. The summed E-state index contributed by atoms with van der Waals surface area (Å²) in [6.07, 6.45) is 0.699. The molecule has 0 saturated carbocycles. The lowest BCUT2D eigenvalue weighted by Gasteiger charge is -2.27. The summed E-state index contributed by atoms with van der Waals surface area (Å²) in [7, 11) is 0. The SMILES string of the molecule is CC(C)(C)OC(=O)c1ccc(-c2cc(C=O)nc3ccc(C(=O)N4CCOCC4)cc23)cc1. The van der Waals surface area contributed by atoms with Gasteiger partial charge in [-0.15, -0.1) is 0 Å². The molecule has 1 fully saturated rings. The van der Waals surface area contributed by atoms with E-state index in [2.05, 4.69) is 4.98 Å². The number of esters is 1. The van der Waals surface area contributed by atoms with Gasteiger partial charge in [0.25, 0.3) is 5.91 Å². The minimum atomic E-state index is -0.584. The maximum Gasteiger partial charge on any atom is 0.338 e. The second-order valence-corrected chi connectivity index (χ2v) is 8.93. The van der Waals surface area contributed by atoms with Crippen LogP contribution in [-0.2, 0) is 9.47 Å². The van der Waals surface area contributed by atoms with Gasteiger partial charge >= 0.3 is 5.97 Å². The fraction of sp³-hybridized carbons (Fsp3) is 0.308. The highest BCUT2D eigenvalue weighted by atomic mass is 16.6. The number of amides is 1. The van der Waals surface area contributed by atoms with E-state index in [4.69, 9.17) is 9.47 Å². The number of pyridine rings is 1. The number of hydrogen-bond donors (Lipinski definition) is 0. The minimum Gasteiger partial charge on any atom is -0.456 e. The average Bonchev–Trinajstić information content (AvgIpc) is 2.82. The van der Waals surface area contributed by atoms with E-state index in [1.807, 2.05) is 26.8 Å². The Labute approximate surface area is 192 Å². The molecule has 7 heteroatoms. The Hall–Kier alpha value is -3.58. The molecule has 0 atom stereocenters. The number of benzene rings is 2. The Morgan fingerprint density at radius 2 is 1.67 bits per heavy atom. The van der Waals surface area contributed by atoms with Crippen LogP contribution >= 0.6 is 0 Å². The lowest BCUT2D eigenvalue weighted by Crippen LogP contribution is -2.40. The van der Waals surface area contributed by atoms with Gasteiger partial charge in [0.1, 0.15) is 11.3 Å². The highest BCUT2D eigenvalue weighted by molar-refractivity contribution is 6.03. The number of aromatic nitrogens is 1. The molecule has 2 heterocycles. The summed E-state index contributed by atoms with van der Waals surface area (Å²) in [5.74, 6) is -0.466. The van der Waals surface area contributed by atoms with Crippen LogP contribution in [0.4, 0.5) is 0 Å². The van der Waals surface area contributed by atoms with Crippen molar-refractivity contribution in [2.75, 3.05) is 26.3 Å². The molecule has 1 amide bonds. The summed E-state index contributed by atoms with van der Waals surface area (Å²) in [4.78, 5) is 43.0. The van der Waals surface area contributed by atoms with E-state index in [0.29, 0.717) is 54.9 Å². The average molecular weight is 447 g/mol. The summed E-state index contributed by atoms with van der Waals surface area (Å²) >= 11 is 0. The Kier molecular flexibility index (Phi) is 6.24. The van der Waals surface area contributed by atoms with Gasteiger partial charge in [0, 0.05) is 24.0 Å². The molecule has 1 saturated heterocycles. The Morgan fingerprint density at radius 3 is 2.30 bits per heavy atom. The predicted octanol–water partition coefficient (Wildman–Crippen LogP) is 4.14. The lowest BCUT2D eigenvalue weighted by atomic mass is 9.97. The monoisotopic (exact) mass is 446 g/mol. The van der Waals surface area contributed by atoms with E-state index >= 15 is 0 Å². The first-order valence-electron chi connectivity index (χ1n) is 10.9. The van der Waals surface area contributed by atoms with Crippen molar-refractivity contribution < 1.29 is 23.9 Å². The van der Waals surface area contributed by atoms with Crippen molar-refractivity contribution in [3.63, 3.8) is 0 Å². The Balaban J connectivity index is 1.73. The second-order valence-electron chi connectivity index (χ2n) is 8.93. The van der Waals surface area contributed by atoms with Crippen molar-refractivity contribution in [1.29, 1.82) is 0 Å². The molecule has 3 aromatic rings. The van der Waals surface area contributed by atoms with E-state index in [0.717, 1.165) is 16.5 Å². The largest absolute Gasteiger partial charge is 0.456 e. The van der Waals surface area contributed by atoms with Crippen LogP contribution in [-0.4, -0.2) is 60.0 Å². The second kappa shape index (κ2) is 9.11. The molecule has 7 nitrogen and oxygen atoms in total. The zero-order valence-corrected chi connectivity index (χ0v) is 19.0. The zero-order chi connectivity index (χ0) is 23.6. The van der Waals surface area contributed by atoms with E-state index in [1.54, 1.807) is 47.4 Å². The van der Waals surface area contributed by atoms with Gasteiger partial charge in [0.15, 0.2) is 6.29 Å². The third kappa shape index (κ3) is 5.09. The van der Waals surface area contributed by atoms with Crippen LogP contribution < -0.4 is 0 Å². The van der Waals surface area contributed by atoms with Crippen molar-refractivity contribution in [3.05, 3.63) is 65.4 Å². The third-order valence-corrected chi connectivity index (χ3v) is 5.32. The van der Waals surface area contributed by atoms with Gasteiger partial charge in [-0.1, -0.05) is 12.1 Å². The quantitative estimate of drug-likeness (QED) is 0.442. The number of hydrogen-bond acceptors (Lipinski definition) is 6. The molecule has 33 heavy (non-hydrogen) atoms. The summed E-state index contributed by atoms with van der Waals surface area (Å²) in [6, 6.07) is 14.0. The molecule has 2 aromatic carbocycles. The van der Waals surface area contributed by atoms with Crippen LogP contribution in [0.15, 0.2) is 48.5 Å². The first-order valence-corrected chi connectivity index (χ1v) is 10.9. The summed E-state index contributed by atoms with van der Waals surface area (Å²) in [5.41, 5.74) is 2.87. The molecule has 0 radical (unpaired) electrons. The number of fused-ring (bicyclic) bond motifs is 1. The number of carbonyl (C=O) groups is 3. The van der Waals surface area contributed by atoms with E-state index in [1.165, 1.54) is 0 Å². The molecule has 170 valence electrons. The van der Waals surface area contributed by atoms with Gasteiger partial charge in [-0.25, -0.2) is 9.78 Å². The molecule has 0 aliphatic carbocycles. The van der Waals surface area contributed by atoms with Crippen LogP contribution in [0, 0.1) is 0 Å². The van der Waals surface area contributed by atoms with Gasteiger partial charge in [0.2, 0.25) is 0 Å². The van der Waals surface area contributed by atoms with Gasteiger partial charge in [0.05, 0.1) is 24.3 Å². The topological polar surface area (TPSA) is 85.8 Å². The van der Waals surface area contributed by atoms with E-state index in [-0.39, 0.29) is 5.91 Å². The molecule has 1 aliphatic rings. The molecule has 0 spiro atoms. The van der Waals surface area contributed by atoms with Crippen molar-refractivity contribution in [2.24, 2.45) is 0 Å². The highest BCUT2D eigenvalue weighted by Gasteiger charge is 2.21. The first-order chi connectivity index (χ1) is 15.7. The van der Waals surface area contributed by atoms with Crippen molar-refractivity contribution in [2.45, 2.75) is 26.4 Å². The van der Waals surface area contributed by atoms with E-state index in [9.17, 15) is 14.4 Å². The number of nitrogens with zero attached hydrogens (tertiary/aromatic N) is 2. The fourth-order valence-electron chi connectivity index (χ4n) is 3.75. The van der Waals surface area contributed by atoms with Crippen LogP contribution in [0.2, 0.25) is 0 Å².